The van der Waals surface area contributed by atoms with Crippen LogP contribution >= 0.6 is 0 Å². The molecule has 2 aromatic carbocycles. The third-order valence-electron chi connectivity index (χ3n) is 2.87. The van der Waals surface area contributed by atoms with Gasteiger partial charge in [-0.2, -0.15) is 0 Å². The van der Waals surface area contributed by atoms with Crippen molar-refractivity contribution in [1.82, 2.24) is 0 Å². The van der Waals surface area contributed by atoms with Crippen LogP contribution in [0.25, 0.3) is 0 Å². The molecule has 0 aliphatic heterocycles. The molecule has 0 radical (unpaired) electrons. The van der Waals surface area contributed by atoms with E-state index in [1.54, 1.807) is 0 Å². The normalized spacial score (nSPS) is 10.2. The van der Waals surface area contributed by atoms with Gasteiger partial charge in [0, 0.05) is 12.2 Å². The number of nitrogens with one attached hydrogen (secondary N) is 1. The number of nitrogens with two attached hydrogens (primary N) is 1. The molecule has 100 valence electrons. The van der Waals surface area contributed by atoms with Crippen molar-refractivity contribution < 1.29 is 4.74 Å². The zero-order valence-corrected chi connectivity index (χ0v) is 11.4. The van der Waals surface area contributed by atoms with Crippen molar-refractivity contribution in [2.45, 2.75) is 20.4 Å². The summed E-state index contributed by atoms with van der Waals surface area (Å²) in [5.41, 5.74) is 9.94. The van der Waals surface area contributed by atoms with Gasteiger partial charge in [-0.1, -0.05) is 18.2 Å². The minimum Gasteiger partial charge on any atom is -0.492 e. The molecule has 3 nitrogen and oxygen atoms in total. The predicted octanol–water partition coefficient (Wildman–Crippen LogP) is 3.59. The Hall–Kier alpha value is -2.16. The van der Waals surface area contributed by atoms with E-state index in [1.807, 2.05) is 31.2 Å². The van der Waals surface area contributed by atoms with Gasteiger partial charge in [0.1, 0.15) is 5.75 Å². The standard InChI is InChI=1S/C16H20N2O/c1-3-19-16-8-7-12(2)9-15(16)18-11-13-5-4-6-14(17)10-13/h4-10,18H,3,11,17H2,1-2H3. The highest BCUT2D eigenvalue weighted by molar-refractivity contribution is 5.58. The van der Waals surface area contributed by atoms with Crippen molar-refractivity contribution in [3.63, 3.8) is 0 Å². The molecule has 0 saturated carbocycles. The molecule has 0 amide bonds. The number of hydrogen-bond donors (Lipinski definition) is 2. The number of benzene rings is 2. The number of anilines is 2. The van der Waals surface area contributed by atoms with E-state index in [-0.39, 0.29) is 0 Å². The zero-order valence-electron chi connectivity index (χ0n) is 11.4. The lowest BCUT2D eigenvalue weighted by Gasteiger charge is -2.13. The first-order valence-corrected chi connectivity index (χ1v) is 6.51. The summed E-state index contributed by atoms with van der Waals surface area (Å²) >= 11 is 0. The largest absolute Gasteiger partial charge is 0.492 e. The van der Waals surface area contributed by atoms with Gasteiger partial charge >= 0.3 is 0 Å². The van der Waals surface area contributed by atoms with Crippen molar-refractivity contribution in [2.75, 3.05) is 17.7 Å². The molecule has 2 aromatic rings. The summed E-state index contributed by atoms with van der Waals surface area (Å²) in [5, 5.41) is 3.40. The Labute approximate surface area is 114 Å². The van der Waals surface area contributed by atoms with Gasteiger partial charge < -0.3 is 15.8 Å². The van der Waals surface area contributed by atoms with Crippen LogP contribution < -0.4 is 15.8 Å². The average Bonchev–Trinajstić information content (AvgIpc) is 2.39. The number of hydrogen-bond acceptors (Lipinski definition) is 3. The van der Waals surface area contributed by atoms with Crippen molar-refractivity contribution in [2.24, 2.45) is 0 Å². The molecular formula is C16H20N2O. The van der Waals surface area contributed by atoms with E-state index in [2.05, 4.69) is 30.4 Å². The highest BCUT2D eigenvalue weighted by atomic mass is 16.5. The van der Waals surface area contributed by atoms with Gasteiger partial charge in [0.25, 0.3) is 0 Å². The number of aryl methyl sites for hydroxylation is 1. The minimum absolute atomic E-state index is 0.663. The van der Waals surface area contributed by atoms with Gasteiger partial charge in [0.05, 0.1) is 12.3 Å². The Bertz CT molecular complexity index is 552. The Kier molecular flexibility index (Phi) is 4.29. The molecule has 0 aliphatic carbocycles. The summed E-state index contributed by atoms with van der Waals surface area (Å²) in [6.07, 6.45) is 0. The molecule has 19 heavy (non-hydrogen) atoms. The van der Waals surface area contributed by atoms with Gasteiger partial charge in [0.15, 0.2) is 0 Å². The van der Waals surface area contributed by atoms with E-state index < -0.39 is 0 Å². The molecule has 0 aromatic heterocycles. The summed E-state index contributed by atoms with van der Waals surface area (Å²) in [6, 6.07) is 14.0. The third kappa shape index (κ3) is 3.65. The van der Waals surface area contributed by atoms with E-state index in [0.717, 1.165) is 29.2 Å². The van der Waals surface area contributed by atoms with Gasteiger partial charge in [-0.25, -0.2) is 0 Å². The van der Waals surface area contributed by atoms with E-state index in [1.165, 1.54) is 5.56 Å². The molecular weight excluding hydrogens is 236 g/mol. The van der Waals surface area contributed by atoms with Crippen LogP contribution in [-0.2, 0) is 6.54 Å². The Balaban J connectivity index is 2.12. The lowest BCUT2D eigenvalue weighted by molar-refractivity contribution is 0.341. The van der Waals surface area contributed by atoms with Crippen molar-refractivity contribution in [3.8, 4) is 5.75 Å². The quantitative estimate of drug-likeness (QED) is 0.804. The van der Waals surface area contributed by atoms with Gasteiger partial charge in [-0.15, -0.1) is 0 Å². The molecule has 0 bridgehead atoms. The average molecular weight is 256 g/mol. The van der Waals surface area contributed by atoms with Crippen LogP contribution in [0.2, 0.25) is 0 Å². The van der Waals surface area contributed by atoms with Crippen LogP contribution in [0, 0.1) is 6.92 Å². The first-order valence-electron chi connectivity index (χ1n) is 6.51. The summed E-state index contributed by atoms with van der Waals surface area (Å²) in [7, 11) is 0. The summed E-state index contributed by atoms with van der Waals surface area (Å²) in [6.45, 7) is 5.45. The smallest absolute Gasteiger partial charge is 0.142 e. The van der Waals surface area contributed by atoms with Crippen LogP contribution in [0.5, 0.6) is 5.75 Å². The molecule has 0 saturated heterocycles. The molecule has 2 rings (SSSR count). The summed E-state index contributed by atoms with van der Waals surface area (Å²) < 4.78 is 5.62. The Morgan fingerprint density at radius 1 is 1.16 bits per heavy atom. The van der Waals surface area contributed by atoms with E-state index in [0.29, 0.717) is 6.61 Å². The van der Waals surface area contributed by atoms with Crippen LogP contribution in [0.4, 0.5) is 11.4 Å². The molecule has 0 heterocycles. The van der Waals surface area contributed by atoms with Crippen LogP contribution in [0.15, 0.2) is 42.5 Å². The topological polar surface area (TPSA) is 47.3 Å². The highest BCUT2D eigenvalue weighted by Crippen LogP contribution is 2.26. The third-order valence-corrected chi connectivity index (χ3v) is 2.87. The molecule has 0 unspecified atom stereocenters. The van der Waals surface area contributed by atoms with Crippen LogP contribution in [0.3, 0.4) is 0 Å². The van der Waals surface area contributed by atoms with Gasteiger partial charge in [-0.3, -0.25) is 0 Å². The maximum atomic E-state index is 5.78. The van der Waals surface area contributed by atoms with Gasteiger partial charge in [-0.05, 0) is 49.2 Å². The molecule has 0 aliphatic rings. The maximum absolute atomic E-state index is 5.78. The van der Waals surface area contributed by atoms with Gasteiger partial charge in [0.2, 0.25) is 0 Å². The number of rotatable bonds is 5. The van der Waals surface area contributed by atoms with E-state index in [9.17, 15) is 0 Å². The fraction of sp³-hybridized carbons (Fsp3) is 0.250. The number of ether oxygens (including phenoxy) is 1. The second kappa shape index (κ2) is 6.14. The lowest BCUT2D eigenvalue weighted by Crippen LogP contribution is -2.03. The highest BCUT2D eigenvalue weighted by Gasteiger charge is 2.03. The Morgan fingerprint density at radius 2 is 2.00 bits per heavy atom. The van der Waals surface area contributed by atoms with E-state index >= 15 is 0 Å². The minimum atomic E-state index is 0.663. The van der Waals surface area contributed by atoms with Crippen molar-refractivity contribution in [1.29, 1.82) is 0 Å². The molecule has 0 atom stereocenters. The molecule has 0 fully saturated rings. The van der Waals surface area contributed by atoms with Crippen molar-refractivity contribution >= 4 is 11.4 Å². The first-order chi connectivity index (χ1) is 9.19. The molecule has 0 spiro atoms. The summed E-state index contributed by atoms with van der Waals surface area (Å²) in [5.74, 6) is 0.886. The lowest BCUT2D eigenvalue weighted by atomic mass is 10.1. The fourth-order valence-corrected chi connectivity index (χ4v) is 1.96. The molecule has 3 heteroatoms. The fourth-order valence-electron chi connectivity index (χ4n) is 1.96. The monoisotopic (exact) mass is 256 g/mol. The second-order valence-corrected chi connectivity index (χ2v) is 4.53. The number of nitrogen functional groups attached to an aromatic ring is 1. The second-order valence-electron chi connectivity index (χ2n) is 4.53. The summed E-state index contributed by atoms with van der Waals surface area (Å²) in [4.78, 5) is 0. The maximum Gasteiger partial charge on any atom is 0.142 e. The van der Waals surface area contributed by atoms with Crippen LogP contribution in [0.1, 0.15) is 18.1 Å². The SMILES string of the molecule is CCOc1ccc(C)cc1NCc1cccc(N)c1. The first kappa shape index (κ1) is 13.3. The zero-order chi connectivity index (χ0) is 13.7. The van der Waals surface area contributed by atoms with Crippen LogP contribution in [-0.4, -0.2) is 6.61 Å². The van der Waals surface area contributed by atoms with E-state index in [4.69, 9.17) is 10.5 Å². The molecule has 3 N–H and O–H groups in total. The van der Waals surface area contributed by atoms with Crippen molar-refractivity contribution in [3.05, 3.63) is 53.6 Å². The Morgan fingerprint density at radius 3 is 2.74 bits per heavy atom. The predicted molar refractivity (Wildman–Crippen MR) is 80.5 cm³/mol.